The second-order valence-electron chi connectivity index (χ2n) is 6.92. The average Bonchev–Trinajstić information content (AvgIpc) is 3.38. The highest BCUT2D eigenvalue weighted by molar-refractivity contribution is 8.14. The summed E-state index contributed by atoms with van der Waals surface area (Å²) in [5, 5.41) is 0.776. The Balaban J connectivity index is 1.47. The first kappa shape index (κ1) is 19.6. The molecule has 1 unspecified atom stereocenters. The van der Waals surface area contributed by atoms with Crippen LogP contribution in [0, 0.1) is 0 Å². The van der Waals surface area contributed by atoms with Crippen molar-refractivity contribution in [2.24, 2.45) is 4.99 Å². The maximum atomic E-state index is 13.1. The van der Waals surface area contributed by atoms with Gasteiger partial charge in [0, 0.05) is 18.2 Å². The van der Waals surface area contributed by atoms with Crippen molar-refractivity contribution in [2.45, 2.75) is 32.2 Å². The van der Waals surface area contributed by atoms with E-state index < -0.39 is 0 Å². The second kappa shape index (κ2) is 8.78. The molecule has 1 atom stereocenters. The fraction of sp³-hybridized carbons (Fsp3) is 0.364. The van der Waals surface area contributed by atoms with Crippen LogP contribution in [0.2, 0.25) is 0 Å². The summed E-state index contributed by atoms with van der Waals surface area (Å²) >= 11 is 1.64. The smallest absolute Gasteiger partial charge is 0.231 e. The number of amidine groups is 1. The summed E-state index contributed by atoms with van der Waals surface area (Å²) < 4.78 is 16.0. The Morgan fingerprint density at radius 2 is 2.00 bits per heavy atom. The average molecular weight is 413 g/mol. The minimum Gasteiger partial charge on any atom is -0.497 e. The number of ether oxygens (including phenoxy) is 3. The van der Waals surface area contributed by atoms with Crippen LogP contribution in [0.25, 0.3) is 0 Å². The van der Waals surface area contributed by atoms with E-state index in [9.17, 15) is 4.79 Å². The van der Waals surface area contributed by atoms with Crippen LogP contribution in [-0.2, 0) is 11.2 Å². The highest BCUT2D eigenvalue weighted by atomic mass is 32.2. The molecule has 7 heteroatoms. The molecule has 152 valence electrons. The zero-order valence-electron chi connectivity index (χ0n) is 16.6. The molecule has 1 amide bonds. The van der Waals surface area contributed by atoms with Gasteiger partial charge in [0.15, 0.2) is 16.7 Å². The molecule has 0 aliphatic carbocycles. The van der Waals surface area contributed by atoms with Crippen LogP contribution in [0.5, 0.6) is 17.2 Å². The van der Waals surface area contributed by atoms with Crippen LogP contribution < -0.4 is 14.2 Å². The van der Waals surface area contributed by atoms with Gasteiger partial charge in [-0.1, -0.05) is 24.8 Å². The van der Waals surface area contributed by atoms with Gasteiger partial charge in [0.2, 0.25) is 12.7 Å². The summed E-state index contributed by atoms with van der Waals surface area (Å²) in [6, 6.07) is 13.6. The topological polar surface area (TPSA) is 60.4 Å². The Bertz CT molecular complexity index is 914. The van der Waals surface area contributed by atoms with Crippen LogP contribution in [0.1, 0.15) is 25.3 Å². The van der Waals surface area contributed by atoms with Crippen molar-refractivity contribution >= 4 is 28.5 Å². The van der Waals surface area contributed by atoms with Gasteiger partial charge in [0.1, 0.15) is 5.75 Å². The van der Waals surface area contributed by atoms with Crippen molar-refractivity contribution < 1.29 is 19.0 Å². The third kappa shape index (κ3) is 4.34. The van der Waals surface area contributed by atoms with Gasteiger partial charge in [-0.15, -0.1) is 0 Å². The number of hydrogen-bond donors (Lipinski definition) is 0. The summed E-state index contributed by atoms with van der Waals surface area (Å²) in [6.07, 6.45) is 1.99. The van der Waals surface area contributed by atoms with E-state index in [1.54, 1.807) is 18.9 Å². The SMILES string of the molecule is CCC1CSC(=Nc2ccc(OC)cc2)N1C(=O)CCc1ccc2c(c1)OCO2. The first-order chi connectivity index (χ1) is 14.2. The maximum Gasteiger partial charge on any atom is 0.231 e. The minimum absolute atomic E-state index is 0.103. The molecule has 0 aromatic heterocycles. The number of rotatable bonds is 6. The largest absolute Gasteiger partial charge is 0.497 e. The summed E-state index contributed by atoms with van der Waals surface area (Å²) in [4.78, 5) is 19.7. The van der Waals surface area contributed by atoms with Crippen molar-refractivity contribution in [1.82, 2.24) is 4.90 Å². The third-order valence-corrected chi connectivity index (χ3v) is 6.18. The molecule has 29 heavy (non-hydrogen) atoms. The van der Waals surface area contributed by atoms with Crippen LogP contribution in [-0.4, -0.2) is 41.7 Å². The molecule has 0 spiro atoms. The van der Waals surface area contributed by atoms with E-state index >= 15 is 0 Å². The standard InChI is InChI=1S/C22H24N2O4S/c1-3-17-13-29-22(23-16-6-8-18(26-2)9-7-16)24(17)21(25)11-5-15-4-10-19-20(12-15)28-14-27-19/h4,6-10,12,17H,3,5,11,13-14H2,1-2H3. The quantitative estimate of drug-likeness (QED) is 0.704. The Labute approximate surface area is 174 Å². The molecule has 0 N–H and O–H groups in total. The number of amides is 1. The molecule has 2 aliphatic heterocycles. The second-order valence-corrected chi connectivity index (χ2v) is 7.90. The van der Waals surface area contributed by atoms with Crippen molar-refractivity contribution in [1.29, 1.82) is 0 Å². The summed E-state index contributed by atoms with van der Waals surface area (Å²) in [7, 11) is 1.64. The predicted octanol–water partition coefficient (Wildman–Crippen LogP) is 4.40. The van der Waals surface area contributed by atoms with E-state index in [2.05, 4.69) is 6.92 Å². The minimum atomic E-state index is 0.103. The van der Waals surface area contributed by atoms with Gasteiger partial charge < -0.3 is 14.2 Å². The van der Waals surface area contributed by atoms with Gasteiger partial charge in [-0.25, -0.2) is 4.99 Å². The lowest BCUT2D eigenvalue weighted by atomic mass is 10.1. The van der Waals surface area contributed by atoms with Crippen molar-refractivity contribution in [3.05, 3.63) is 48.0 Å². The van der Waals surface area contributed by atoms with Crippen molar-refractivity contribution in [2.75, 3.05) is 19.7 Å². The van der Waals surface area contributed by atoms with Gasteiger partial charge >= 0.3 is 0 Å². The molecule has 2 heterocycles. The number of aryl methyl sites for hydroxylation is 1. The molecule has 1 fully saturated rings. The van der Waals surface area contributed by atoms with Gasteiger partial charge in [-0.2, -0.15) is 0 Å². The summed E-state index contributed by atoms with van der Waals surface area (Å²) in [5.41, 5.74) is 1.88. The fourth-order valence-corrected chi connectivity index (χ4v) is 4.69. The zero-order valence-corrected chi connectivity index (χ0v) is 17.4. The molecule has 6 nitrogen and oxygen atoms in total. The molecule has 2 aromatic carbocycles. The number of fused-ring (bicyclic) bond motifs is 1. The van der Waals surface area contributed by atoms with Crippen molar-refractivity contribution in [3.63, 3.8) is 0 Å². The fourth-order valence-electron chi connectivity index (χ4n) is 3.40. The third-order valence-electron chi connectivity index (χ3n) is 5.08. The Morgan fingerprint density at radius 3 is 2.76 bits per heavy atom. The zero-order chi connectivity index (χ0) is 20.2. The van der Waals surface area contributed by atoms with E-state index in [0.717, 1.165) is 45.8 Å². The summed E-state index contributed by atoms with van der Waals surface area (Å²) in [6.45, 7) is 2.37. The maximum absolute atomic E-state index is 13.1. The van der Waals surface area contributed by atoms with E-state index in [1.165, 1.54) is 0 Å². The molecule has 1 saturated heterocycles. The number of benzene rings is 2. The number of nitrogens with zero attached hydrogens (tertiary/aromatic N) is 2. The lowest BCUT2D eigenvalue weighted by Crippen LogP contribution is -2.39. The number of hydrogen-bond acceptors (Lipinski definition) is 6. The molecular weight excluding hydrogens is 388 g/mol. The number of carbonyl (C=O) groups excluding carboxylic acids is 1. The first-order valence-corrected chi connectivity index (χ1v) is 10.7. The number of thioether (sulfide) groups is 1. The Morgan fingerprint density at radius 1 is 1.21 bits per heavy atom. The van der Waals surface area contributed by atoms with Gasteiger partial charge in [0.05, 0.1) is 12.8 Å². The van der Waals surface area contributed by atoms with E-state index in [-0.39, 0.29) is 18.7 Å². The highest BCUT2D eigenvalue weighted by Crippen LogP contribution is 2.33. The van der Waals surface area contributed by atoms with Gasteiger partial charge in [-0.3, -0.25) is 9.69 Å². The highest BCUT2D eigenvalue weighted by Gasteiger charge is 2.33. The van der Waals surface area contributed by atoms with Crippen LogP contribution >= 0.6 is 11.8 Å². The van der Waals surface area contributed by atoms with Crippen LogP contribution in [0.15, 0.2) is 47.5 Å². The van der Waals surface area contributed by atoms with Gasteiger partial charge in [0.25, 0.3) is 0 Å². The van der Waals surface area contributed by atoms with Crippen LogP contribution in [0.3, 0.4) is 0 Å². The molecule has 0 radical (unpaired) electrons. The first-order valence-electron chi connectivity index (χ1n) is 9.74. The Hall–Kier alpha value is -2.67. The Kier molecular flexibility index (Phi) is 5.94. The number of aliphatic imine (C=N–C) groups is 1. The van der Waals surface area contributed by atoms with Gasteiger partial charge in [-0.05, 0) is 54.8 Å². The molecule has 2 aliphatic rings. The lowest BCUT2D eigenvalue weighted by Gasteiger charge is -2.23. The molecule has 2 aromatic rings. The van der Waals surface area contributed by atoms with E-state index in [4.69, 9.17) is 19.2 Å². The molecule has 0 bridgehead atoms. The predicted molar refractivity (Wildman–Crippen MR) is 114 cm³/mol. The normalized spacial score (nSPS) is 19.0. The summed E-state index contributed by atoms with van der Waals surface area (Å²) in [5.74, 6) is 3.28. The van der Waals surface area contributed by atoms with Crippen molar-refractivity contribution in [3.8, 4) is 17.2 Å². The molecule has 4 rings (SSSR count). The molecule has 0 saturated carbocycles. The van der Waals surface area contributed by atoms with Crippen LogP contribution in [0.4, 0.5) is 5.69 Å². The lowest BCUT2D eigenvalue weighted by molar-refractivity contribution is -0.128. The molecular formula is C22H24N2O4S. The number of carbonyl (C=O) groups is 1. The van der Waals surface area contributed by atoms with E-state index in [0.29, 0.717) is 12.8 Å². The number of methoxy groups -OCH3 is 1. The monoisotopic (exact) mass is 412 g/mol. The van der Waals surface area contributed by atoms with E-state index in [1.807, 2.05) is 47.4 Å².